The van der Waals surface area contributed by atoms with Crippen LogP contribution in [0.25, 0.3) is 0 Å². The first-order valence-corrected chi connectivity index (χ1v) is 12.6. The summed E-state index contributed by atoms with van der Waals surface area (Å²) in [6, 6.07) is 12.2. The zero-order valence-corrected chi connectivity index (χ0v) is 20.5. The van der Waals surface area contributed by atoms with Gasteiger partial charge < -0.3 is 10.4 Å². The van der Waals surface area contributed by atoms with Crippen LogP contribution < -0.4 is 5.32 Å². The van der Waals surface area contributed by atoms with Crippen LogP contribution in [0.4, 0.5) is 4.39 Å². The van der Waals surface area contributed by atoms with Crippen LogP contribution in [0.2, 0.25) is 0 Å². The Morgan fingerprint density at radius 2 is 1.84 bits per heavy atom. The first-order chi connectivity index (χ1) is 14.5. The lowest BCUT2D eigenvalue weighted by molar-refractivity contribution is 0.135. The van der Waals surface area contributed by atoms with Crippen molar-refractivity contribution in [2.24, 2.45) is 5.92 Å². The van der Waals surface area contributed by atoms with Crippen LogP contribution in [0.15, 0.2) is 51.8 Å². The second-order valence-electron chi connectivity index (χ2n) is 9.03. The second kappa shape index (κ2) is 9.67. The molecule has 2 aromatic rings. The van der Waals surface area contributed by atoms with Gasteiger partial charge in [-0.25, -0.2) is 12.8 Å². The van der Waals surface area contributed by atoms with Gasteiger partial charge in [0.2, 0.25) is 10.0 Å². The van der Waals surface area contributed by atoms with E-state index in [0.717, 1.165) is 29.6 Å². The number of fused-ring (bicyclic) bond motifs is 1. The largest absolute Gasteiger partial charge is 0.390 e. The Morgan fingerprint density at radius 3 is 2.42 bits per heavy atom. The molecule has 5 nitrogen and oxygen atoms in total. The van der Waals surface area contributed by atoms with Crippen LogP contribution in [0, 0.1) is 11.7 Å². The third-order valence-corrected chi connectivity index (χ3v) is 8.28. The minimum atomic E-state index is -3.89. The Labute approximate surface area is 192 Å². The molecule has 0 aromatic heterocycles. The van der Waals surface area contributed by atoms with Crippen LogP contribution in [0.3, 0.4) is 0 Å². The topological polar surface area (TPSA) is 69.6 Å². The van der Waals surface area contributed by atoms with Gasteiger partial charge in [-0.1, -0.05) is 24.3 Å². The molecule has 170 valence electrons. The van der Waals surface area contributed by atoms with Crippen LogP contribution in [0.1, 0.15) is 31.4 Å². The van der Waals surface area contributed by atoms with Crippen molar-refractivity contribution in [3.05, 3.63) is 63.9 Å². The van der Waals surface area contributed by atoms with E-state index in [0.29, 0.717) is 5.92 Å². The molecule has 0 aliphatic heterocycles. The maximum atomic E-state index is 13.8. The zero-order chi connectivity index (χ0) is 22.8. The average Bonchev–Trinajstić information content (AvgIpc) is 3.09. The van der Waals surface area contributed by atoms with Gasteiger partial charge in [0.1, 0.15) is 5.82 Å². The highest BCUT2D eigenvalue weighted by Crippen LogP contribution is 2.32. The molecule has 1 atom stereocenters. The highest BCUT2D eigenvalue weighted by atomic mass is 79.9. The van der Waals surface area contributed by atoms with Gasteiger partial charge in [-0.15, -0.1) is 0 Å². The number of rotatable bonds is 9. The summed E-state index contributed by atoms with van der Waals surface area (Å²) in [7, 11) is -2.50. The van der Waals surface area contributed by atoms with Crippen molar-refractivity contribution in [2.45, 2.75) is 49.6 Å². The molecule has 0 amide bonds. The van der Waals surface area contributed by atoms with Crippen molar-refractivity contribution < 1.29 is 17.9 Å². The van der Waals surface area contributed by atoms with Crippen molar-refractivity contribution >= 4 is 26.0 Å². The lowest BCUT2D eigenvalue weighted by Crippen LogP contribution is -2.47. The van der Waals surface area contributed by atoms with Crippen LogP contribution in [-0.4, -0.2) is 49.6 Å². The molecule has 0 fully saturated rings. The first kappa shape index (κ1) is 24.3. The maximum absolute atomic E-state index is 13.8. The monoisotopic (exact) mass is 512 g/mol. The van der Waals surface area contributed by atoms with E-state index >= 15 is 0 Å². The van der Waals surface area contributed by atoms with E-state index < -0.39 is 21.9 Å². The fraction of sp³-hybridized carbons (Fsp3) is 0.478. The summed E-state index contributed by atoms with van der Waals surface area (Å²) in [4.78, 5) is -0.142. The lowest BCUT2D eigenvalue weighted by atomic mass is 9.88. The minimum absolute atomic E-state index is 0.0854. The molecule has 0 unspecified atom stereocenters. The molecule has 0 spiro atoms. The Balaban J connectivity index is 1.51. The van der Waals surface area contributed by atoms with Crippen LogP contribution >= 0.6 is 15.9 Å². The Hall–Kier alpha value is -1.32. The molecule has 2 N–H and O–H groups in total. The van der Waals surface area contributed by atoms with Crippen molar-refractivity contribution in [3.63, 3.8) is 0 Å². The quantitative estimate of drug-likeness (QED) is 0.536. The molecule has 1 aliphatic carbocycles. The summed E-state index contributed by atoms with van der Waals surface area (Å²) in [5.41, 5.74) is 2.64. The van der Waals surface area contributed by atoms with Crippen molar-refractivity contribution in [1.82, 2.24) is 9.62 Å². The molecular formula is C23H30BrFN2O3S. The lowest BCUT2D eigenvalue weighted by Gasteiger charge is -2.31. The SMILES string of the molecule is CN(C[C@H](O)CNC(C)(C)CC1Cc2ccccc2C1)S(=O)(=O)c1ccc(Br)c(F)c1. The molecular weight excluding hydrogens is 483 g/mol. The highest BCUT2D eigenvalue weighted by molar-refractivity contribution is 9.10. The van der Waals surface area contributed by atoms with Crippen molar-refractivity contribution in [2.75, 3.05) is 20.1 Å². The number of nitrogens with one attached hydrogen (secondary N) is 1. The van der Waals surface area contributed by atoms with E-state index in [1.54, 1.807) is 0 Å². The second-order valence-corrected chi connectivity index (χ2v) is 11.9. The number of hydrogen-bond donors (Lipinski definition) is 2. The summed E-state index contributed by atoms with van der Waals surface area (Å²) in [5, 5.41) is 13.8. The molecule has 3 rings (SSSR count). The normalized spacial score (nSPS) is 16.0. The third-order valence-electron chi connectivity index (χ3n) is 5.82. The predicted octanol–water partition coefficient (Wildman–Crippen LogP) is 3.74. The van der Waals surface area contributed by atoms with Gasteiger partial charge in [0.15, 0.2) is 0 Å². The predicted molar refractivity (Wildman–Crippen MR) is 124 cm³/mol. The summed E-state index contributed by atoms with van der Waals surface area (Å²) in [6.07, 6.45) is 2.20. The highest BCUT2D eigenvalue weighted by Gasteiger charge is 2.29. The number of aliphatic hydroxyl groups excluding tert-OH is 1. The number of halogens is 2. The fourth-order valence-corrected chi connectivity index (χ4v) is 5.73. The van der Waals surface area contributed by atoms with Gasteiger partial charge in [-0.2, -0.15) is 4.31 Å². The minimum Gasteiger partial charge on any atom is -0.390 e. The van der Waals surface area contributed by atoms with Crippen molar-refractivity contribution in [1.29, 1.82) is 0 Å². The number of benzene rings is 2. The summed E-state index contributed by atoms with van der Waals surface area (Å²) < 4.78 is 40.4. The number of nitrogens with zero attached hydrogens (tertiary/aromatic N) is 1. The smallest absolute Gasteiger partial charge is 0.243 e. The molecule has 1 aliphatic rings. The van der Waals surface area contributed by atoms with Crippen LogP contribution in [0.5, 0.6) is 0 Å². The van der Waals surface area contributed by atoms with E-state index in [4.69, 9.17) is 0 Å². The van der Waals surface area contributed by atoms with Gasteiger partial charge in [0, 0.05) is 25.7 Å². The number of β-amino-alcohol motifs (C(OH)–C–C–N with tert-alkyl or cyclic N) is 1. The van der Waals surface area contributed by atoms with Gasteiger partial charge in [0.05, 0.1) is 15.5 Å². The molecule has 0 saturated heterocycles. The molecule has 0 heterocycles. The van der Waals surface area contributed by atoms with Crippen molar-refractivity contribution in [3.8, 4) is 0 Å². The average molecular weight is 513 g/mol. The molecule has 0 saturated carbocycles. The van der Waals surface area contributed by atoms with Gasteiger partial charge in [-0.05, 0) is 84.3 Å². The van der Waals surface area contributed by atoms with E-state index in [-0.39, 0.29) is 28.0 Å². The number of hydrogen-bond acceptors (Lipinski definition) is 4. The number of aliphatic hydroxyl groups is 1. The van der Waals surface area contributed by atoms with Gasteiger partial charge >= 0.3 is 0 Å². The summed E-state index contributed by atoms with van der Waals surface area (Å²) >= 11 is 3.02. The molecule has 8 heteroatoms. The standard InChI is InChI=1S/C23H30BrFN2O3S/c1-23(2,13-16-10-17-6-4-5-7-18(17)11-16)26-14-19(28)15-27(3)31(29,30)20-8-9-21(24)22(25)12-20/h4-9,12,16,19,26,28H,10-11,13-15H2,1-3H3/t19-/m1/s1. The molecule has 2 aromatic carbocycles. The number of likely N-dealkylation sites (N-methyl/N-ethyl adjacent to an activating group) is 1. The van der Waals surface area contributed by atoms with E-state index in [1.807, 2.05) is 0 Å². The fourth-order valence-electron chi connectivity index (χ4n) is 4.26. The van der Waals surface area contributed by atoms with E-state index in [1.165, 1.54) is 30.3 Å². The number of sulfonamides is 1. The van der Waals surface area contributed by atoms with E-state index in [9.17, 15) is 17.9 Å². The molecule has 31 heavy (non-hydrogen) atoms. The Kier molecular flexibility index (Phi) is 7.58. The zero-order valence-electron chi connectivity index (χ0n) is 18.1. The summed E-state index contributed by atoms with van der Waals surface area (Å²) in [6.45, 7) is 4.39. The molecule has 0 bridgehead atoms. The van der Waals surface area contributed by atoms with E-state index in [2.05, 4.69) is 59.4 Å². The molecule has 0 radical (unpaired) electrons. The van der Waals surface area contributed by atoms with Gasteiger partial charge in [0.25, 0.3) is 0 Å². The maximum Gasteiger partial charge on any atom is 0.243 e. The van der Waals surface area contributed by atoms with Crippen LogP contribution in [-0.2, 0) is 22.9 Å². The Morgan fingerprint density at radius 1 is 1.23 bits per heavy atom. The third kappa shape index (κ3) is 6.14. The Bertz CT molecular complexity index is 1000. The first-order valence-electron chi connectivity index (χ1n) is 10.4. The van der Waals surface area contributed by atoms with Gasteiger partial charge in [-0.3, -0.25) is 0 Å². The summed E-state index contributed by atoms with van der Waals surface area (Å²) in [5.74, 6) is -0.0973.